The number of allylic oxidation sites excluding steroid dienone is 1. The molecule has 0 bridgehead atoms. The first kappa shape index (κ1) is 17.6. The summed E-state index contributed by atoms with van der Waals surface area (Å²) in [6.45, 7) is 3.16. The molecule has 0 saturated carbocycles. The molecule has 0 radical (unpaired) electrons. The van der Waals surface area contributed by atoms with Crippen LogP contribution in [0.5, 0.6) is 11.5 Å². The van der Waals surface area contributed by atoms with Crippen molar-refractivity contribution >= 4 is 35.0 Å². The standard InChI is InChI=1S/C16H15NO6S/c1-3-4-10-5-9(7-12-15(20)17-16(21)24-12)6-11(22-2)14(10)23-8-13(18)19/h3,5-7H,1,4,8H2,2H3,(H,18,19)(H,17,20,21)/b12-7-. The number of rotatable bonds is 7. The van der Waals surface area contributed by atoms with E-state index in [0.29, 0.717) is 29.0 Å². The van der Waals surface area contributed by atoms with E-state index >= 15 is 0 Å². The van der Waals surface area contributed by atoms with Gasteiger partial charge < -0.3 is 14.6 Å². The molecule has 0 atom stereocenters. The largest absolute Gasteiger partial charge is 0.493 e. The number of hydrogen-bond acceptors (Lipinski definition) is 6. The third-order valence-corrected chi connectivity index (χ3v) is 3.83. The molecule has 7 nitrogen and oxygen atoms in total. The van der Waals surface area contributed by atoms with E-state index in [0.717, 1.165) is 11.8 Å². The van der Waals surface area contributed by atoms with Gasteiger partial charge in [0.1, 0.15) is 0 Å². The van der Waals surface area contributed by atoms with Crippen molar-refractivity contribution in [2.45, 2.75) is 6.42 Å². The number of nitrogens with one attached hydrogen (secondary N) is 1. The Hall–Kier alpha value is -2.74. The number of methoxy groups -OCH3 is 1. The van der Waals surface area contributed by atoms with E-state index in [1.807, 2.05) is 0 Å². The molecule has 1 saturated heterocycles. The van der Waals surface area contributed by atoms with Crippen LogP contribution in [0.2, 0.25) is 0 Å². The summed E-state index contributed by atoms with van der Waals surface area (Å²) in [4.78, 5) is 33.9. The molecule has 2 N–H and O–H groups in total. The molecule has 1 aliphatic heterocycles. The second kappa shape index (κ2) is 7.69. The van der Waals surface area contributed by atoms with Crippen molar-refractivity contribution in [2.75, 3.05) is 13.7 Å². The fraction of sp³-hybridized carbons (Fsp3) is 0.188. The van der Waals surface area contributed by atoms with Crippen LogP contribution < -0.4 is 14.8 Å². The fourth-order valence-electron chi connectivity index (χ4n) is 2.10. The second-order valence-corrected chi connectivity index (χ2v) is 5.75. The maximum atomic E-state index is 11.6. The zero-order chi connectivity index (χ0) is 17.7. The average molecular weight is 349 g/mol. The maximum absolute atomic E-state index is 11.6. The molecule has 126 valence electrons. The summed E-state index contributed by atoms with van der Waals surface area (Å²) in [5.41, 5.74) is 1.28. The predicted octanol–water partition coefficient (Wildman–Crippen LogP) is 2.21. The summed E-state index contributed by atoms with van der Waals surface area (Å²) in [6.07, 6.45) is 3.61. The summed E-state index contributed by atoms with van der Waals surface area (Å²) in [6, 6.07) is 3.33. The Morgan fingerprint density at radius 1 is 1.42 bits per heavy atom. The quantitative estimate of drug-likeness (QED) is 0.575. The van der Waals surface area contributed by atoms with Crippen molar-refractivity contribution in [1.29, 1.82) is 0 Å². The number of imide groups is 1. The van der Waals surface area contributed by atoms with Gasteiger partial charge >= 0.3 is 5.97 Å². The Morgan fingerprint density at radius 3 is 2.71 bits per heavy atom. The zero-order valence-electron chi connectivity index (χ0n) is 12.8. The highest BCUT2D eigenvalue weighted by atomic mass is 32.2. The van der Waals surface area contributed by atoms with Gasteiger partial charge in [-0.2, -0.15) is 0 Å². The Labute approximate surface area is 142 Å². The van der Waals surface area contributed by atoms with Crippen molar-refractivity contribution in [3.05, 3.63) is 40.8 Å². The van der Waals surface area contributed by atoms with Crippen LogP contribution in [0.1, 0.15) is 11.1 Å². The summed E-state index contributed by atoms with van der Waals surface area (Å²) in [5, 5.41) is 10.5. The molecule has 1 aliphatic rings. The van der Waals surface area contributed by atoms with E-state index in [-0.39, 0.29) is 4.91 Å². The summed E-state index contributed by atoms with van der Waals surface area (Å²) in [7, 11) is 1.43. The summed E-state index contributed by atoms with van der Waals surface area (Å²) < 4.78 is 10.6. The third kappa shape index (κ3) is 4.17. The van der Waals surface area contributed by atoms with Gasteiger partial charge in [0.2, 0.25) is 0 Å². The molecule has 0 unspecified atom stereocenters. The first-order valence-electron chi connectivity index (χ1n) is 6.86. The number of benzene rings is 1. The highest BCUT2D eigenvalue weighted by Crippen LogP contribution is 2.35. The maximum Gasteiger partial charge on any atom is 0.341 e. The molecule has 1 aromatic rings. The van der Waals surface area contributed by atoms with Crippen LogP contribution in [0, 0.1) is 0 Å². The number of amides is 2. The van der Waals surface area contributed by atoms with E-state index in [4.69, 9.17) is 14.6 Å². The monoisotopic (exact) mass is 349 g/mol. The topological polar surface area (TPSA) is 102 Å². The van der Waals surface area contributed by atoms with Gasteiger partial charge in [-0.1, -0.05) is 6.08 Å². The minimum atomic E-state index is -1.11. The Kier molecular flexibility index (Phi) is 5.64. The van der Waals surface area contributed by atoms with E-state index in [9.17, 15) is 14.4 Å². The van der Waals surface area contributed by atoms with Gasteiger partial charge in [0.05, 0.1) is 12.0 Å². The number of ether oxygens (including phenoxy) is 2. The number of thioether (sulfide) groups is 1. The lowest BCUT2D eigenvalue weighted by atomic mass is 10.0. The van der Waals surface area contributed by atoms with Gasteiger partial charge in [0.25, 0.3) is 11.1 Å². The number of carboxylic acid groups (broad SMARTS) is 1. The van der Waals surface area contributed by atoms with Gasteiger partial charge in [-0.3, -0.25) is 14.9 Å². The molecular formula is C16H15NO6S. The molecule has 2 rings (SSSR count). The first-order valence-corrected chi connectivity index (χ1v) is 7.67. The lowest BCUT2D eigenvalue weighted by molar-refractivity contribution is -0.139. The Morgan fingerprint density at radius 2 is 2.17 bits per heavy atom. The first-order chi connectivity index (χ1) is 11.4. The van der Waals surface area contributed by atoms with E-state index in [1.165, 1.54) is 7.11 Å². The average Bonchev–Trinajstić information content (AvgIpc) is 2.83. The molecular weight excluding hydrogens is 334 g/mol. The lowest BCUT2D eigenvalue weighted by Crippen LogP contribution is -2.17. The molecule has 1 heterocycles. The number of carbonyl (C=O) groups excluding carboxylic acids is 2. The number of carbonyl (C=O) groups is 3. The minimum absolute atomic E-state index is 0.269. The van der Waals surface area contributed by atoms with Crippen LogP contribution in [-0.4, -0.2) is 35.9 Å². The van der Waals surface area contributed by atoms with Crippen molar-refractivity contribution in [3.63, 3.8) is 0 Å². The van der Waals surface area contributed by atoms with E-state index < -0.39 is 23.7 Å². The number of aliphatic carboxylic acids is 1. The van der Waals surface area contributed by atoms with Crippen LogP contribution in [0.4, 0.5) is 4.79 Å². The molecule has 0 aliphatic carbocycles. The van der Waals surface area contributed by atoms with Gasteiger partial charge in [0.15, 0.2) is 18.1 Å². The summed E-state index contributed by atoms with van der Waals surface area (Å²) >= 11 is 0.811. The van der Waals surface area contributed by atoms with Gasteiger partial charge in [-0.25, -0.2) is 4.79 Å². The normalized spacial score (nSPS) is 15.3. The number of hydrogen-bond donors (Lipinski definition) is 2. The highest BCUT2D eigenvalue weighted by molar-refractivity contribution is 8.18. The van der Waals surface area contributed by atoms with Gasteiger partial charge in [0, 0.05) is 5.56 Å². The Bertz CT molecular complexity index is 740. The molecule has 2 amide bonds. The van der Waals surface area contributed by atoms with Crippen LogP contribution >= 0.6 is 11.8 Å². The lowest BCUT2D eigenvalue weighted by Gasteiger charge is -2.14. The summed E-state index contributed by atoms with van der Waals surface area (Å²) in [5.74, 6) is -0.926. The van der Waals surface area contributed by atoms with Crippen LogP contribution in [0.3, 0.4) is 0 Å². The van der Waals surface area contributed by atoms with Crippen LogP contribution in [0.25, 0.3) is 6.08 Å². The SMILES string of the molecule is C=CCc1cc(/C=C2\SC(=O)NC2=O)cc(OC)c1OCC(=O)O. The number of carboxylic acids is 1. The fourth-order valence-corrected chi connectivity index (χ4v) is 2.78. The van der Waals surface area contributed by atoms with Crippen molar-refractivity contribution in [1.82, 2.24) is 5.32 Å². The molecule has 0 spiro atoms. The molecule has 1 fully saturated rings. The van der Waals surface area contributed by atoms with Crippen molar-refractivity contribution < 1.29 is 29.0 Å². The highest BCUT2D eigenvalue weighted by Gasteiger charge is 2.25. The molecule has 24 heavy (non-hydrogen) atoms. The molecule has 0 aromatic heterocycles. The van der Waals surface area contributed by atoms with E-state index in [1.54, 1.807) is 24.3 Å². The van der Waals surface area contributed by atoms with Crippen LogP contribution in [-0.2, 0) is 16.0 Å². The van der Waals surface area contributed by atoms with E-state index in [2.05, 4.69) is 11.9 Å². The third-order valence-electron chi connectivity index (χ3n) is 3.02. The van der Waals surface area contributed by atoms with Gasteiger partial charge in [-0.05, 0) is 42.0 Å². The zero-order valence-corrected chi connectivity index (χ0v) is 13.6. The Balaban J connectivity index is 2.43. The van der Waals surface area contributed by atoms with Gasteiger partial charge in [-0.15, -0.1) is 6.58 Å². The molecule has 1 aromatic carbocycles. The minimum Gasteiger partial charge on any atom is -0.493 e. The van der Waals surface area contributed by atoms with Crippen LogP contribution in [0.15, 0.2) is 29.7 Å². The smallest absolute Gasteiger partial charge is 0.341 e. The van der Waals surface area contributed by atoms with Crippen molar-refractivity contribution in [2.24, 2.45) is 0 Å². The predicted molar refractivity (Wildman–Crippen MR) is 89.1 cm³/mol. The second-order valence-electron chi connectivity index (χ2n) is 4.74. The van der Waals surface area contributed by atoms with Crippen molar-refractivity contribution in [3.8, 4) is 11.5 Å². The molecule has 8 heteroatoms.